The van der Waals surface area contributed by atoms with E-state index in [1.165, 1.54) is 23.5 Å². The number of nitrogens with zero attached hydrogens (tertiary/aromatic N) is 2. The van der Waals surface area contributed by atoms with Gasteiger partial charge in [0.15, 0.2) is 0 Å². The number of benzene rings is 1. The molecule has 1 aliphatic heterocycles. The number of hydrogen-bond acceptors (Lipinski definition) is 4. The largest absolute Gasteiger partial charge is 0.496 e. The fourth-order valence-electron chi connectivity index (χ4n) is 3.27. The van der Waals surface area contributed by atoms with Crippen LogP contribution in [0.5, 0.6) is 5.75 Å². The average Bonchev–Trinajstić information content (AvgIpc) is 2.94. The maximum atomic E-state index is 13.1. The second-order valence-corrected chi connectivity index (χ2v) is 8.89. The number of ether oxygens (including phenoxy) is 1. The molecule has 0 spiro atoms. The van der Waals surface area contributed by atoms with Crippen LogP contribution in [0.25, 0.3) is 0 Å². The Labute approximate surface area is 162 Å². The van der Waals surface area contributed by atoms with E-state index in [0.717, 1.165) is 31.3 Å². The minimum Gasteiger partial charge on any atom is -0.496 e. The van der Waals surface area contributed by atoms with Crippen LogP contribution in [0.4, 0.5) is 0 Å². The second-order valence-electron chi connectivity index (χ2n) is 6.96. The topological polar surface area (TPSA) is 66.9 Å². The molecule has 0 unspecified atom stereocenters. The highest BCUT2D eigenvalue weighted by molar-refractivity contribution is 7.89. The van der Waals surface area contributed by atoms with E-state index in [-0.39, 0.29) is 16.4 Å². The lowest BCUT2D eigenvalue weighted by atomic mass is 10.1. The smallest absolute Gasteiger partial charge is 0.257 e. The molecule has 0 radical (unpaired) electrons. The number of methoxy groups -OCH3 is 1. The third kappa shape index (κ3) is 5.11. The fourth-order valence-corrected chi connectivity index (χ4v) is 4.81. The molecule has 1 aromatic rings. The van der Waals surface area contributed by atoms with Gasteiger partial charge in [-0.3, -0.25) is 4.79 Å². The van der Waals surface area contributed by atoms with E-state index in [1.54, 1.807) is 11.0 Å². The minimum atomic E-state index is -3.63. The molecule has 0 N–H and O–H groups in total. The first-order chi connectivity index (χ1) is 12.8. The van der Waals surface area contributed by atoms with Crippen LogP contribution in [0.1, 0.15) is 49.9 Å². The molecule has 1 saturated heterocycles. The zero-order valence-corrected chi connectivity index (χ0v) is 17.3. The highest BCUT2D eigenvalue weighted by Gasteiger charge is 2.28. The zero-order chi connectivity index (χ0) is 20.0. The van der Waals surface area contributed by atoms with Crippen molar-refractivity contribution in [3.63, 3.8) is 0 Å². The predicted molar refractivity (Wildman–Crippen MR) is 107 cm³/mol. The maximum Gasteiger partial charge on any atom is 0.257 e. The summed E-state index contributed by atoms with van der Waals surface area (Å²) in [5.74, 6) is 0.111. The third-order valence-electron chi connectivity index (χ3n) is 4.73. The quantitative estimate of drug-likeness (QED) is 0.666. The Hall–Kier alpha value is -1.86. The SMILES string of the molecule is C=C(C)CN(CC)C(=O)c1cc(S(=O)(=O)N2CCCCCC2)ccc1OC. The molecule has 0 atom stereocenters. The summed E-state index contributed by atoms with van der Waals surface area (Å²) in [6.45, 7) is 9.56. The van der Waals surface area contributed by atoms with Crippen LogP contribution in [-0.4, -0.2) is 56.8 Å². The van der Waals surface area contributed by atoms with E-state index in [9.17, 15) is 13.2 Å². The van der Waals surface area contributed by atoms with E-state index < -0.39 is 10.0 Å². The van der Waals surface area contributed by atoms with Crippen molar-refractivity contribution in [3.8, 4) is 5.75 Å². The normalized spacial score (nSPS) is 15.8. The lowest BCUT2D eigenvalue weighted by Crippen LogP contribution is -2.34. The van der Waals surface area contributed by atoms with Gasteiger partial charge in [0.2, 0.25) is 10.0 Å². The van der Waals surface area contributed by atoms with E-state index in [0.29, 0.717) is 31.9 Å². The highest BCUT2D eigenvalue weighted by atomic mass is 32.2. The van der Waals surface area contributed by atoms with Crippen molar-refractivity contribution in [2.45, 2.75) is 44.4 Å². The summed E-state index contributed by atoms with van der Waals surface area (Å²) in [6, 6.07) is 4.53. The van der Waals surface area contributed by atoms with Gasteiger partial charge in [-0.15, -0.1) is 0 Å². The van der Waals surface area contributed by atoms with Gasteiger partial charge in [0.05, 0.1) is 17.6 Å². The van der Waals surface area contributed by atoms with E-state index in [4.69, 9.17) is 4.74 Å². The van der Waals surface area contributed by atoms with Gasteiger partial charge in [-0.05, 0) is 44.9 Å². The maximum absolute atomic E-state index is 13.1. The standard InChI is InChI=1S/C20H30N2O4S/c1-5-21(15-16(2)3)20(23)18-14-17(10-11-19(18)26-4)27(24,25)22-12-8-6-7-9-13-22/h10-11,14H,2,5-9,12-13,15H2,1,3-4H3. The first-order valence-electron chi connectivity index (χ1n) is 9.43. The minimum absolute atomic E-state index is 0.139. The molecule has 1 amide bonds. The van der Waals surface area contributed by atoms with Gasteiger partial charge < -0.3 is 9.64 Å². The number of likely N-dealkylation sites (N-methyl/N-ethyl adjacent to an activating group) is 1. The first-order valence-corrected chi connectivity index (χ1v) is 10.9. The monoisotopic (exact) mass is 394 g/mol. The molecular weight excluding hydrogens is 364 g/mol. The third-order valence-corrected chi connectivity index (χ3v) is 6.63. The van der Waals surface area contributed by atoms with Gasteiger partial charge >= 0.3 is 0 Å². The summed E-state index contributed by atoms with van der Waals surface area (Å²) < 4.78 is 33.0. The van der Waals surface area contributed by atoms with E-state index >= 15 is 0 Å². The van der Waals surface area contributed by atoms with Crippen molar-refractivity contribution >= 4 is 15.9 Å². The van der Waals surface area contributed by atoms with Gasteiger partial charge in [-0.25, -0.2) is 8.42 Å². The number of amides is 1. The Morgan fingerprint density at radius 2 is 1.85 bits per heavy atom. The lowest BCUT2D eigenvalue weighted by molar-refractivity contribution is 0.0774. The molecule has 0 aliphatic carbocycles. The Kier molecular flexibility index (Phi) is 7.44. The summed E-state index contributed by atoms with van der Waals surface area (Å²) in [5.41, 5.74) is 1.12. The van der Waals surface area contributed by atoms with Crippen LogP contribution in [0.2, 0.25) is 0 Å². The van der Waals surface area contributed by atoms with Crippen molar-refractivity contribution < 1.29 is 17.9 Å². The molecule has 6 nitrogen and oxygen atoms in total. The Bertz CT molecular complexity index is 781. The summed E-state index contributed by atoms with van der Waals surface area (Å²) >= 11 is 0. The Morgan fingerprint density at radius 3 is 2.37 bits per heavy atom. The second kappa shape index (κ2) is 9.37. The Morgan fingerprint density at radius 1 is 1.22 bits per heavy atom. The molecular formula is C20H30N2O4S. The number of carbonyl (C=O) groups excluding carboxylic acids is 1. The van der Waals surface area contributed by atoms with E-state index in [2.05, 4.69) is 6.58 Å². The van der Waals surface area contributed by atoms with Crippen molar-refractivity contribution in [2.75, 3.05) is 33.3 Å². The molecule has 1 fully saturated rings. The number of rotatable bonds is 7. The molecule has 0 aromatic heterocycles. The fraction of sp³-hybridized carbons (Fsp3) is 0.550. The van der Waals surface area contributed by atoms with Crippen LogP contribution < -0.4 is 4.74 Å². The van der Waals surface area contributed by atoms with Gasteiger partial charge in [0.1, 0.15) is 5.75 Å². The summed E-state index contributed by atoms with van der Waals surface area (Å²) in [7, 11) is -2.16. The molecule has 2 rings (SSSR count). The molecule has 0 bridgehead atoms. The lowest BCUT2D eigenvalue weighted by Gasteiger charge is -2.24. The van der Waals surface area contributed by atoms with E-state index in [1.807, 2.05) is 13.8 Å². The van der Waals surface area contributed by atoms with Gasteiger partial charge in [-0.1, -0.05) is 25.0 Å². The predicted octanol–water partition coefficient (Wildman–Crippen LogP) is 3.30. The Balaban J connectivity index is 2.41. The van der Waals surface area contributed by atoms with Crippen molar-refractivity contribution in [1.82, 2.24) is 9.21 Å². The molecule has 150 valence electrons. The number of carbonyl (C=O) groups is 1. The molecule has 27 heavy (non-hydrogen) atoms. The van der Waals surface area contributed by atoms with Crippen molar-refractivity contribution in [2.24, 2.45) is 0 Å². The highest BCUT2D eigenvalue weighted by Crippen LogP contribution is 2.27. The van der Waals surface area contributed by atoms with Crippen molar-refractivity contribution in [1.29, 1.82) is 0 Å². The van der Waals surface area contributed by atoms with Crippen LogP contribution in [0.3, 0.4) is 0 Å². The van der Waals surface area contributed by atoms with Gasteiger partial charge in [0.25, 0.3) is 5.91 Å². The van der Waals surface area contributed by atoms with Crippen LogP contribution in [-0.2, 0) is 10.0 Å². The van der Waals surface area contributed by atoms with Crippen LogP contribution >= 0.6 is 0 Å². The summed E-state index contributed by atoms with van der Waals surface area (Å²) in [4.78, 5) is 14.8. The molecule has 0 saturated carbocycles. The number of sulfonamides is 1. The van der Waals surface area contributed by atoms with Gasteiger partial charge in [0, 0.05) is 26.2 Å². The molecule has 7 heteroatoms. The number of hydrogen-bond donors (Lipinski definition) is 0. The molecule has 1 heterocycles. The van der Waals surface area contributed by atoms with Crippen LogP contribution in [0, 0.1) is 0 Å². The molecule has 1 aliphatic rings. The first kappa shape index (κ1) is 21.4. The van der Waals surface area contributed by atoms with Crippen molar-refractivity contribution in [3.05, 3.63) is 35.9 Å². The van der Waals surface area contributed by atoms with Gasteiger partial charge in [-0.2, -0.15) is 4.31 Å². The van der Waals surface area contributed by atoms with Crippen LogP contribution in [0.15, 0.2) is 35.2 Å². The molecule has 1 aromatic carbocycles. The summed E-state index contributed by atoms with van der Waals surface area (Å²) in [5, 5.41) is 0. The zero-order valence-electron chi connectivity index (χ0n) is 16.5. The summed E-state index contributed by atoms with van der Waals surface area (Å²) in [6.07, 6.45) is 3.82. The average molecular weight is 395 g/mol.